The molecule has 21 rings (SSSR count). The van der Waals surface area contributed by atoms with E-state index in [1.807, 2.05) is 102 Å². The molecule has 10 heteroatoms. The lowest BCUT2D eigenvalue weighted by molar-refractivity contribution is 0.669. The third-order valence-corrected chi connectivity index (χ3v) is 21.8. The van der Waals surface area contributed by atoms with Crippen molar-refractivity contribution in [1.29, 1.82) is 0 Å². The highest BCUT2D eigenvalue weighted by Crippen LogP contribution is 2.46. The van der Waals surface area contributed by atoms with Gasteiger partial charge in [-0.3, -0.25) is 0 Å². The summed E-state index contributed by atoms with van der Waals surface area (Å²) in [7, 11) is 0. The van der Waals surface area contributed by atoms with Crippen molar-refractivity contribution < 1.29 is 8.83 Å². The zero-order chi connectivity index (χ0) is 67.2. The smallest absolute Gasteiger partial charge is 0.164 e. The van der Waals surface area contributed by atoms with Gasteiger partial charge in [0, 0.05) is 102 Å². The van der Waals surface area contributed by atoms with Crippen molar-refractivity contribution in [3.63, 3.8) is 0 Å². The van der Waals surface area contributed by atoms with Gasteiger partial charge in [0.15, 0.2) is 11.6 Å². The maximum absolute atomic E-state index is 6.40. The van der Waals surface area contributed by atoms with Gasteiger partial charge in [-0.05, 0) is 71.8 Å². The van der Waals surface area contributed by atoms with Crippen molar-refractivity contribution in [2.24, 2.45) is 0 Å². The average molecular weight is 1340 g/mol. The summed E-state index contributed by atoms with van der Waals surface area (Å²) in [5.41, 5.74) is 21.2. The molecule has 8 heterocycles. The first kappa shape index (κ1) is 59.0. The molecule has 0 saturated carbocycles. The monoisotopic (exact) mass is 1340 g/mol. The van der Waals surface area contributed by atoms with E-state index in [-0.39, 0.29) is 0 Å². The van der Waals surface area contributed by atoms with Crippen molar-refractivity contribution >= 4 is 129 Å². The Morgan fingerprint density at radius 2 is 0.618 bits per heavy atom. The van der Waals surface area contributed by atoms with Crippen LogP contribution in [-0.4, -0.2) is 29.9 Å². The second kappa shape index (κ2) is 24.4. The summed E-state index contributed by atoms with van der Waals surface area (Å²) >= 11 is 3.63. The fourth-order valence-corrected chi connectivity index (χ4v) is 17.0. The highest BCUT2D eigenvalue weighted by atomic mass is 32.1. The Morgan fingerprint density at radius 3 is 1.20 bits per heavy atom. The summed E-state index contributed by atoms with van der Waals surface area (Å²) in [5, 5.41) is 11.8. The standard InChI is InChI=1S/C49H29N3OS.C43H25N3OS/c1-2-11-32(12-3-1)41-29-42(52-49(51-41)39-17-10-16-36-35-13-5-8-19-43(35)53-47(36)39)33-25-21-30(22-26-33)31-23-27-34(28-24-31)46-48-45(37-14-4-7-18-40(37)50-46)38-15-6-9-20-44(38)54-48;1-2-11-26(12-3-1)34-25-35(30-16-10-19-37-39(30)31-14-5-8-18-36(31)47-37)46-43(45-34)28-23-21-27(22-24-28)41-42-40(29-13-4-7-17-33(29)44-41)32-15-6-9-20-38(32)48-42/h1-29H;1-25H. The molecule has 0 radical (unpaired) electrons. The molecule has 0 aliphatic heterocycles. The molecule has 21 aromatic rings. The lowest BCUT2D eigenvalue weighted by Crippen LogP contribution is -1.96. The Balaban J connectivity index is 0.000000138. The third kappa shape index (κ3) is 10.2. The first-order valence-corrected chi connectivity index (χ1v) is 35.6. The van der Waals surface area contributed by atoms with Gasteiger partial charge >= 0.3 is 0 Å². The molecule has 0 atom stereocenters. The normalized spacial score (nSPS) is 11.7. The zero-order valence-electron chi connectivity index (χ0n) is 54.5. The number of fused-ring (bicyclic) bond motifs is 16. The van der Waals surface area contributed by atoms with Gasteiger partial charge in [-0.2, -0.15) is 0 Å². The van der Waals surface area contributed by atoms with Crippen LogP contribution in [0.4, 0.5) is 0 Å². The Morgan fingerprint density at radius 1 is 0.225 bits per heavy atom. The van der Waals surface area contributed by atoms with Crippen molar-refractivity contribution in [3.8, 4) is 101 Å². The molecule has 0 unspecified atom stereocenters. The quantitative estimate of drug-likeness (QED) is 0.141. The van der Waals surface area contributed by atoms with Gasteiger partial charge in [0.2, 0.25) is 0 Å². The van der Waals surface area contributed by atoms with Crippen LogP contribution >= 0.6 is 22.7 Å². The van der Waals surface area contributed by atoms with Gasteiger partial charge in [-0.25, -0.2) is 29.9 Å². The van der Waals surface area contributed by atoms with Crippen LogP contribution in [0.5, 0.6) is 0 Å². The predicted molar refractivity (Wildman–Crippen MR) is 424 cm³/mol. The van der Waals surface area contributed by atoms with E-state index in [9.17, 15) is 0 Å². The van der Waals surface area contributed by atoms with E-state index < -0.39 is 0 Å². The minimum Gasteiger partial charge on any atom is -0.456 e. The maximum Gasteiger partial charge on any atom is 0.164 e. The van der Waals surface area contributed by atoms with Crippen molar-refractivity contribution in [2.75, 3.05) is 0 Å². The second-order valence-corrected chi connectivity index (χ2v) is 27.6. The highest BCUT2D eigenvalue weighted by molar-refractivity contribution is 7.27. The lowest BCUT2D eigenvalue weighted by Gasteiger charge is -2.11. The molecular weight excluding hydrogens is 1290 g/mol. The number of hydrogen-bond donors (Lipinski definition) is 0. The number of para-hydroxylation sites is 5. The van der Waals surface area contributed by atoms with Crippen molar-refractivity contribution in [3.05, 3.63) is 328 Å². The Bertz CT molecular complexity index is 6860. The SMILES string of the molecule is c1ccc(-c2cc(-c3ccc(-c4ccc(-c5nc6ccccc6c6c5sc5ccccc56)cc4)cc3)nc(-c3cccc4c3oc3ccccc34)n2)cc1.c1ccc(-c2cc(-c3cccc4oc5ccccc5c34)nc(-c3ccc(-c4nc5ccccc5c5c4sc4ccccc45)cc3)n2)cc1. The molecule has 13 aromatic carbocycles. The number of thiophene rings is 2. The zero-order valence-corrected chi connectivity index (χ0v) is 56.1. The fourth-order valence-electron chi connectivity index (χ4n) is 14.5. The summed E-state index contributed by atoms with van der Waals surface area (Å²) in [4.78, 5) is 30.9. The molecule has 0 fully saturated rings. The van der Waals surface area contributed by atoms with E-state index >= 15 is 0 Å². The van der Waals surface area contributed by atoms with Gasteiger partial charge in [0.25, 0.3) is 0 Å². The number of rotatable bonds is 9. The van der Waals surface area contributed by atoms with Crippen LogP contribution < -0.4 is 0 Å². The summed E-state index contributed by atoms with van der Waals surface area (Å²) in [5.74, 6) is 1.30. The molecule has 0 aliphatic rings. The van der Waals surface area contributed by atoms with Crippen molar-refractivity contribution in [2.45, 2.75) is 0 Å². The predicted octanol–water partition coefficient (Wildman–Crippen LogP) is 25.6. The maximum atomic E-state index is 6.40. The average Bonchev–Trinajstić information content (AvgIpc) is 1.57. The number of hydrogen-bond acceptors (Lipinski definition) is 10. The van der Waals surface area contributed by atoms with Crippen LogP contribution in [0.2, 0.25) is 0 Å². The minimum atomic E-state index is 0.630. The highest BCUT2D eigenvalue weighted by Gasteiger charge is 2.22. The number of furan rings is 2. The summed E-state index contributed by atoms with van der Waals surface area (Å²) in [6, 6.07) is 114. The number of pyridine rings is 2. The summed E-state index contributed by atoms with van der Waals surface area (Å²) in [6.45, 7) is 0. The molecule has 0 aliphatic carbocycles. The van der Waals surface area contributed by atoms with Gasteiger partial charge < -0.3 is 8.83 Å². The van der Waals surface area contributed by atoms with Gasteiger partial charge in [-0.1, -0.05) is 267 Å². The van der Waals surface area contributed by atoms with E-state index in [4.69, 9.17) is 38.7 Å². The van der Waals surface area contributed by atoms with Crippen LogP contribution in [0, 0.1) is 0 Å². The van der Waals surface area contributed by atoms with Gasteiger partial charge in [0.1, 0.15) is 22.3 Å². The first-order chi connectivity index (χ1) is 50.5. The molecule has 8 nitrogen and oxygen atoms in total. The van der Waals surface area contributed by atoms with Gasteiger partial charge in [-0.15, -0.1) is 22.7 Å². The van der Waals surface area contributed by atoms with E-state index in [1.165, 1.54) is 51.1 Å². The van der Waals surface area contributed by atoms with Crippen LogP contribution in [0.15, 0.2) is 336 Å². The van der Waals surface area contributed by atoms with E-state index in [2.05, 4.69) is 237 Å². The number of benzene rings is 13. The largest absolute Gasteiger partial charge is 0.456 e. The fraction of sp³-hybridized carbons (Fsp3) is 0. The summed E-state index contributed by atoms with van der Waals surface area (Å²) in [6.07, 6.45) is 0. The molecule has 0 N–H and O–H groups in total. The lowest BCUT2D eigenvalue weighted by atomic mass is 9.99. The number of nitrogens with zero attached hydrogens (tertiary/aromatic N) is 6. The molecule has 8 aromatic heterocycles. The molecule has 0 spiro atoms. The van der Waals surface area contributed by atoms with E-state index in [0.29, 0.717) is 11.6 Å². The van der Waals surface area contributed by atoms with Gasteiger partial charge in [0.05, 0.1) is 60.2 Å². The minimum absolute atomic E-state index is 0.630. The Labute approximate surface area is 592 Å². The van der Waals surface area contributed by atoms with Crippen LogP contribution in [0.1, 0.15) is 0 Å². The van der Waals surface area contributed by atoms with E-state index in [0.717, 1.165) is 145 Å². The summed E-state index contributed by atoms with van der Waals surface area (Å²) < 4.78 is 17.6. The molecule has 476 valence electrons. The molecule has 0 amide bonds. The van der Waals surface area contributed by atoms with Crippen LogP contribution in [-0.2, 0) is 0 Å². The van der Waals surface area contributed by atoms with Crippen LogP contribution in [0.3, 0.4) is 0 Å². The molecule has 102 heavy (non-hydrogen) atoms. The van der Waals surface area contributed by atoms with Crippen LogP contribution in [0.25, 0.3) is 207 Å². The second-order valence-electron chi connectivity index (χ2n) is 25.5. The molecule has 0 saturated heterocycles. The third-order valence-electron chi connectivity index (χ3n) is 19.4. The first-order valence-electron chi connectivity index (χ1n) is 34.0. The molecule has 0 bridgehead atoms. The van der Waals surface area contributed by atoms with Crippen molar-refractivity contribution in [1.82, 2.24) is 29.9 Å². The Hall–Kier alpha value is -13.1. The van der Waals surface area contributed by atoms with E-state index in [1.54, 1.807) is 11.3 Å². The Kier molecular flexibility index (Phi) is 14.1. The topological polar surface area (TPSA) is 104 Å². The molecular formula is C92H54N6O2S2. The number of aromatic nitrogens is 6.